The summed E-state index contributed by atoms with van der Waals surface area (Å²) in [6.07, 6.45) is 5.61. The average molecular weight is 248 g/mol. The largest absolute Gasteiger partial charge is 0.372 e. The number of carbonyl (C=O) groups is 1. The van der Waals surface area contributed by atoms with Gasteiger partial charge in [-0.3, -0.25) is 4.79 Å². The minimum Gasteiger partial charge on any atom is -0.372 e. The van der Waals surface area contributed by atoms with E-state index in [1.807, 2.05) is 4.90 Å². The molecule has 18 heavy (non-hydrogen) atoms. The van der Waals surface area contributed by atoms with Gasteiger partial charge in [-0.15, -0.1) is 0 Å². The summed E-state index contributed by atoms with van der Waals surface area (Å²) in [7, 11) is 1.77. The zero-order valence-corrected chi connectivity index (χ0v) is 10.3. The van der Waals surface area contributed by atoms with Crippen molar-refractivity contribution in [2.24, 2.45) is 0 Å². The Morgan fingerprint density at radius 3 is 2.61 bits per heavy atom. The number of carbonyl (C=O) groups excluding carboxylic acids is 1. The highest BCUT2D eigenvalue weighted by Gasteiger charge is 2.36. The van der Waals surface area contributed by atoms with Crippen LogP contribution in [0.5, 0.6) is 0 Å². The van der Waals surface area contributed by atoms with Crippen LogP contribution < -0.4 is 5.32 Å². The number of nitrogens with zero attached hydrogens (tertiary/aromatic N) is 3. The van der Waals surface area contributed by atoms with Crippen LogP contribution in [0.1, 0.15) is 23.3 Å². The summed E-state index contributed by atoms with van der Waals surface area (Å²) >= 11 is 0. The Hall–Kier alpha value is -1.69. The van der Waals surface area contributed by atoms with E-state index in [1.165, 1.54) is 6.20 Å². The fourth-order valence-electron chi connectivity index (χ4n) is 2.51. The maximum atomic E-state index is 12.3. The van der Waals surface area contributed by atoms with E-state index in [0.29, 0.717) is 24.6 Å². The quantitative estimate of drug-likeness (QED) is 0.826. The van der Waals surface area contributed by atoms with E-state index in [2.05, 4.69) is 15.3 Å². The molecule has 2 aliphatic heterocycles. The van der Waals surface area contributed by atoms with Gasteiger partial charge in [0.15, 0.2) is 0 Å². The molecule has 2 aliphatic rings. The van der Waals surface area contributed by atoms with Gasteiger partial charge in [-0.25, -0.2) is 9.97 Å². The Balaban J connectivity index is 1.73. The van der Waals surface area contributed by atoms with E-state index in [9.17, 15) is 4.79 Å². The maximum absolute atomic E-state index is 12.3. The Bertz CT molecular complexity index is 436. The van der Waals surface area contributed by atoms with Crippen LogP contribution in [-0.4, -0.2) is 53.1 Å². The number of anilines is 1. The van der Waals surface area contributed by atoms with Gasteiger partial charge in [0.05, 0.1) is 24.6 Å². The monoisotopic (exact) mass is 248 g/mol. The number of morpholine rings is 1. The van der Waals surface area contributed by atoms with Gasteiger partial charge in [0.2, 0.25) is 0 Å². The second-order valence-electron chi connectivity index (χ2n) is 4.70. The summed E-state index contributed by atoms with van der Waals surface area (Å²) in [5.74, 6) is 0.610. The first kappa shape index (κ1) is 11.4. The molecule has 0 aliphatic carbocycles. The van der Waals surface area contributed by atoms with E-state index in [4.69, 9.17) is 4.74 Å². The summed E-state index contributed by atoms with van der Waals surface area (Å²) in [6.45, 7) is 1.34. The Morgan fingerprint density at radius 2 is 2.06 bits per heavy atom. The van der Waals surface area contributed by atoms with Crippen LogP contribution in [0.3, 0.4) is 0 Å². The van der Waals surface area contributed by atoms with Crippen molar-refractivity contribution in [3.8, 4) is 0 Å². The first-order chi connectivity index (χ1) is 8.76. The Labute approximate surface area is 105 Å². The third kappa shape index (κ3) is 2.03. The highest BCUT2D eigenvalue weighted by atomic mass is 16.5. The van der Waals surface area contributed by atoms with Crippen molar-refractivity contribution >= 4 is 11.7 Å². The van der Waals surface area contributed by atoms with Crippen molar-refractivity contribution in [1.29, 1.82) is 0 Å². The van der Waals surface area contributed by atoms with Gasteiger partial charge in [-0.2, -0.15) is 0 Å². The average Bonchev–Trinajstić information content (AvgIpc) is 2.77. The molecule has 2 saturated heterocycles. The highest BCUT2D eigenvalue weighted by Crippen LogP contribution is 2.26. The number of rotatable bonds is 2. The van der Waals surface area contributed by atoms with Crippen molar-refractivity contribution in [3.63, 3.8) is 0 Å². The van der Waals surface area contributed by atoms with Gasteiger partial charge >= 0.3 is 0 Å². The van der Waals surface area contributed by atoms with Crippen molar-refractivity contribution in [1.82, 2.24) is 14.9 Å². The zero-order valence-electron chi connectivity index (χ0n) is 10.3. The van der Waals surface area contributed by atoms with Crippen LogP contribution >= 0.6 is 0 Å². The molecule has 0 aromatic carbocycles. The standard InChI is InChI=1S/C12H16N4O2/c1-13-11-5-14-10(4-15-11)12(17)16-6-8-2-3-9(7-16)18-8/h4-5,8-9H,2-3,6-7H2,1H3,(H,13,15). The summed E-state index contributed by atoms with van der Waals surface area (Å²) in [4.78, 5) is 22.3. The molecule has 1 aromatic rings. The summed E-state index contributed by atoms with van der Waals surface area (Å²) in [5, 5.41) is 2.88. The number of ether oxygens (including phenoxy) is 1. The second kappa shape index (κ2) is 4.53. The molecule has 3 rings (SSSR count). The molecular weight excluding hydrogens is 232 g/mol. The van der Waals surface area contributed by atoms with Gasteiger partial charge in [0, 0.05) is 20.1 Å². The van der Waals surface area contributed by atoms with E-state index in [1.54, 1.807) is 13.2 Å². The number of nitrogens with one attached hydrogen (secondary N) is 1. The predicted octanol–water partition coefficient (Wildman–Crippen LogP) is 0.522. The van der Waals surface area contributed by atoms with Gasteiger partial charge in [-0.05, 0) is 12.8 Å². The van der Waals surface area contributed by atoms with E-state index >= 15 is 0 Å². The molecule has 6 heteroatoms. The summed E-state index contributed by atoms with van der Waals surface area (Å²) < 4.78 is 5.71. The van der Waals surface area contributed by atoms with Gasteiger partial charge < -0.3 is 15.0 Å². The van der Waals surface area contributed by atoms with E-state index in [-0.39, 0.29) is 18.1 Å². The molecule has 6 nitrogen and oxygen atoms in total. The first-order valence-electron chi connectivity index (χ1n) is 6.21. The number of hydrogen-bond donors (Lipinski definition) is 1. The smallest absolute Gasteiger partial charge is 0.274 e. The zero-order chi connectivity index (χ0) is 12.5. The Morgan fingerprint density at radius 1 is 1.33 bits per heavy atom. The molecular formula is C12H16N4O2. The van der Waals surface area contributed by atoms with Crippen LogP contribution in [0.4, 0.5) is 5.82 Å². The Kier molecular flexibility index (Phi) is 2.87. The number of amides is 1. The molecule has 1 N–H and O–H groups in total. The number of likely N-dealkylation sites (tertiary alicyclic amines) is 1. The molecule has 96 valence electrons. The molecule has 2 fully saturated rings. The van der Waals surface area contributed by atoms with Gasteiger partial charge in [0.1, 0.15) is 11.5 Å². The first-order valence-corrected chi connectivity index (χ1v) is 6.21. The minimum atomic E-state index is -0.0506. The topological polar surface area (TPSA) is 67.4 Å². The summed E-state index contributed by atoms with van der Waals surface area (Å²) in [6, 6.07) is 0. The molecule has 2 bridgehead atoms. The molecule has 0 radical (unpaired) electrons. The number of fused-ring (bicyclic) bond motifs is 2. The predicted molar refractivity (Wildman–Crippen MR) is 65.4 cm³/mol. The normalized spacial score (nSPS) is 26.2. The fourth-order valence-corrected chi connectivity index (χ4v) is 2.51. The lowest BCUT2D eigenvalue weighted by molar-refractivity contribution is -0.0305. The number of hydrogen-bond acceptors (Lipinski definition) is 5. The van der Waals surface area contributed by atoms with Crippen molar-refractivity contribution in [3.05, 3.63) is 18.1 Å². The third-order valence-electron chi connectivity index (χ3n) is 3.46. The molecule has 0 saturated carbocycles. The highest BCUT2D eigenvalue weighted by molar-refractivity contribution is 5.92. The lowest BCUT2D eigenvalue weighted by Crippen LogP contribution is -2.46. The molecule has 1 aromatic heterocycles. The van der Waals surface area contributed by atoms with Gasteiger partial charge in [0.25, 0.3) is 5.91 Å². The molecule has 0 spiro atoms. The maximum Gasteiger partial charge on any atom is 0.274 e. The molecule has 2 atom stereocenters. The van der Waals surface area contributed by atoms with Crippen molar-refractivity contribution in [2.45, 2.75) is 25.0 Å². The van der Waals surface area contributed by atoms with Crippen LogP contribution in [0.25, 0.3) is 0 Å². The summed E-state index contributed by atoms with van der Waals surface area (Å²) in [5.41, 5.74) is 0.398. The minimum absolute atomic E-state index is 0.0506. The molecule has 3 heterocycles. The third-order valence-corrected chi connectivity index (χ3v) is 3.46. The molecule has 1 amide bonds. The van der Waals surface area contributed by atoms with E-state index in [0.717, 1.165) is 12.8 Å². The van der Waals surface area contributed by atoms with E-state index < -0.39 is 0 Å². The van der Waals surface area contributed by atoms with Gasteiger partial charge in [-0.1, -0.05) is 0 Å². The molecule has 2 unspecified atom stereocenters. The van der Waals surface area contributed by atoms with Crippen molar-refractivity contribution in [2.75, 3.05) is 25.5 Å². The number of aromatic nitrogens is 2. The van der Waals surface area contributed by atoms with Crippen LogP contribution in [0, 0.1) is 0 Å². The van der Waals surface area contributed by atoms with Crippen LogP contribution in [-0.2, 0) is 4.74 Å². The van der Waals surface area contributed by atoms with Crippen LogP contribution in [0.15, 0.2) is 12.4 Å². The lowest BCUT2D eigenvalue weighted by Gasteiger charge is -2.31. The van der Waals surface area contributed by atoms with Crippen LogP contribution in [0.2, 0.25) is 0 Å². The lowest BCUT2D eigenvalue weighted by atomic mass is 10.2. The SMILES string of the molecule is CNc1cnc(C(=O)N2CC3CCC(C2)O3)cn1. The second-order valence-corrected chi connectivity index (χ2v) is 4.70. The fraction of sp³-hybridized carbons (Fsp3) is 0.583. The van der Waals surface area contributed by atoms with Crippen molar-refractivity contribution < 1.29 is 9.53 Å².